The summed E-state index contributed by atoms with van der Waals surface area (Å²) in [4.78, 5) is 25.3. The SMILES string of the molecule is CCCCCC/C=C\C/C=C\CCCCCCCC(=O)NC(COP(=O)([O-])OCC[N+](C)(C)C)C(O)/C=C/CC/C=C/CCCCCCCCCCCCCCCCC. The van der Waals surface area contributed by atoms with Crippen LogP contribution in [-0.4, -0.2) is 68.5 Å². The number of nitrogens with one attached hydrogen (secondary N) is 1. The van der Waals surface area contributed by atoms with Gasteiger partial charge in [0, 0.05) is 6.42 Å². The first-order chi connectivity index (χ1) is 28.5. The summed E-state index contributed by atoms with van der Waals surface area (Å²) >= 11 is 0. The highest BCUT2D eigenvalue weighted by molar-refractivity contribution is 7.45. The third kappa shape index (κ3) is 44.3. The number of rotatable bonds is 44. The van der Waals surface area contributed by atoms with E-state index in [-0.39, 0.29) is 12.5 Å². The van der Waals surface area contributed by atoms with E-state index in [1.165, 1.54) is 128 Å². The van der Waals surface area contributed by atoms with Crippen molar-refractivity contribution in [2.24, 2.45) is 0 Å². The Morgan fingerprint density at radius 1 is 0.593 bits per heavy atom. The number of likely N-dealkylation sites (N-methyl/N-ethyl adjacent to an activating group) is 1. The lowest BCUT2D eigenvalue weighted by Gasteiger charge is -2.29. The van der Waals surface area contributed by atoms with E-state index < -0.39 is 26.6 Å². The molecule has 0 aliphatic heterocycles. The molecule has 0 rings (SSSR count). The van der Waals surface area contributed by atoms with Gasteiger partial charge in [-0.25, -0.2) is 0 Å². The Morgan fingerprint density at radius 3 is 1.49 bits per heavy atom. The van der Waals surface area contributed by atoms with Crippen molar-refractivity contribution < 1.29 is 32.9 Å². The first-order valence-electron chi connectivity index (χ1n) is 24.5. The van der Waals surface area contributed by atoms with Crippen LogP contribution < -0.4 is 10.2 Å². The van der Waals surface area contributed by atoms with Crippen molar-refractivity contribution in [2.45, 2.75) is 225 Å². The molecule has 0 bridgehead atoms. The van der Waals surface area contributed by atoms with E-state index in [2.05, 4.69) is 55.6 Å². The van der Waals surface area contributed by atoms with Crippen LogP contribution in [-0.2, 0) is 18.4 Å². The normalized spacial score (nSPS) is 14.6. The standard InChI is InChI=1S/C50H95N2O6P/c1-6-8-10-12-14-16-18-20-22-24-25-26-27-28-29-31-33-35-37-39-41-43-49(53)48(47-58-59(55,56)57-46-45-52(3,4)5)51-50(54)44-42-40-38-36-34-32-30-23-21-19-17-15-13-11-9-7-2/h17,19,23,30,33,35,41,43,48-49,53H,6-16,18,20-22,24-29,31-32,34,36-40,42,44-47H2,1-5H3,(H-,51,54,55,56)/b19-17-,30-23-,35-33+,43-41+. The Kier molecular flexibility index (Phi) is 40.7. The van der Waals surface area contributed by atoms with Crippen LogP contribution >= 0.6 is 7.82 Å². The van der Waals surface area contributed by atoms with E-state index in [1.807, 2.05) is 27.2 Å². The van der Waals surface area contributed by atoms with Crippen molar-refractivity contribution in [3.8, 4) is 0 Å². The molecule has 0 heterocycles. The van der Waals surface area contributed by atoms with Gasteiger partial charge in [-0.3, -0.25) is 9.36 Å². The fourth-order valence-electron chi connectivity index (χ4n) is 6.85. The second-order valence-electron chi connectivity index (χ2n) is 17.8. The van der Waals surface area contributed by atoms with Gasteiger partial charge in [0.2, 0.25) is 5.91 Å². The van der Waals surface area contributed by atoms with Gasteiger partial charge in [0.05, 0.1) is 39.9 Å². The molecule has 0 aromatic rings. The molecule has 0 aliphatic carbocycles. The fraction of sp³-hybridized carbons (Fsp3) is 0.820. The number of phosphoric ester groups is 1. The third-order valence-electron chi connectivity index (χ3n) is 10.8. The number of aliphatic hydroxyl groups is 1. The number of unbranched alkanes of at least 4 members (excludes halogenated alkanes) is 25. The molecule has 2 N–H and O–H groups in total. The van der Waals surface area contributed by atoms with Crippen LogP contribution in [0.4, 0.5) is 0 Å². The number of quaternary nitrogens is 1. The zero-order chi connectivity index (χ0) is 43.6. The van der Waals surface area contributed by atoms with Gasteiger partial charge < -0.3 is 28.8 Å². The van der Waals surface area contributed by atoms with Crippen molar-refractivity contribution in [1.82, 2.24) is 5.32 Å². The van der Waals surface area contributed by atoms with E-state index in [0.717, 1.165) is 64.2 Å². The summed E-state index contributed by atoms with van der Waals surface area (Å²) in [6, 6.07) is -0.911. The van der Waals surface area contributed by atoms with Gasteiger partial charge in [-0.2, -0.15) is 0 Å². The molecule has 0 aliphatic rings. The highest BCUT2D eigenvalue weighted by Gasteiger charge is 2.23. The van der Waals surface area contributed by atoms with Gasteiger partial charge in [-0.1, -0.05) is 191 Å². The number of aliphatic hydroxyl groups excluding tert-OH is 1. The summed E-state index contributed by atoms with van der Waals surface area (Å²) in [6.45, 7) is 4.60. The Hall–Kier alpha value is -1.54. The lowest BCUT2D eigenvalue weighted by atomic mass is 10.0. The Morgan fingerprint density at radius 2 is 1.00 bits per heavy atom. The van der Waals surface area contributed by atoms with Crippen molar-refractivity contribution >= 4 is 13.7 Å². The van der Waals surface area contributed by atoms with E-state index in [9.17, 15) is 19.4 Å². The van der Waals surface area contributed by atoms with E-state index in [1.54, 1.807) is 6.08 Å². The molecule has 1 amide bonds. The molecule has 0 saturated heterocycles. The summed E-state index contributed by atoms with van der Waals surface area (Å²) in [7, 11) is 1.23. The Balaban J connectivity index is 4.42. The molecule has 59 heavy (non-hydrogen) atoms. The van der Waals surface area contributed by atoms with Gasteiger partial charge in [-0.05, 0) is 64.2 Å². The molecular formula is C50H95N2O6P. The Labute approximate surface area is 365 Å². The summed E-state index contributed by atoms with van der Waals surface area (Å²) in [5, 5.41) is 13.8. The van der Waals surface area contributed by atoms with E-state index in [0.29, 0.717) is 17.4 Å². The molecule has 8 nitrogen and oxygen atoms in total. The van der Waals surface area contributed by atoms with Crippen LogP contribution in [0.2, 0.25) is 0 Å². The van der Waals surface area contributed by atoms with Crippen LogP contribution in [0.25, 0.3) is 0 Å². The minimum absolute atomic E-state index is 0.0103. The van der Waals surface area contributed by atoms with Crippen molar-refractivity contribution in [3.05, 3.63) is 48.6 Å². The Bertz CT molecular complexity index is 1100. The molecule has 346 valence electrons. The molecule has 9 heteroatoms. The van der Waals surface area contributed by atoms with Gasteiger partial charge >= 0.3 is 0 Å². The zero-order valence-electron chi connectivity index (χ0n) is 39.2. The second kappa shape index (κ2) is 41.8. The summed E-state index contributed by atoms with van der Waals surface area (Å²) in [5.41, 5.74) is 0. The lowest BCUT2D eigenvalue weighted by Crippen LogP contribution is -2.45. The zero-order valence-corrected chi connectivity index (χ0v) is 40.1. The molecule has 0 saturated carbocycles. The predicted octanol–water partition coefficient (Wildman–Crippen LogP) is 13.4. The summed E-state index contributed by atoms with van der Waals surface area (Å²) in [5.74, 6) is -0.221. The molecule has 0 spiro atoms. The predicted molar refractivity (Wildman–Crippen MR) is 251 cm³/mol. The maximum atomic E-state index is 12.9. The first kappa shape index (κ1) is 57.5. The monoisotopic (exact) mass is 851 g/mol. The first-order valence-corrected chi connectivity index (χ1v) is 26.0. The number of phosphoric acid groups is 1. The molecular weight excluding hydrogens is 756 g/mol. The number of amides is 1. The maximum absolute atomic E-state index is 12.9. The molecule has 0 radical (unpaired) electrons. The van der Waals surface area contributed by atoms with E-state index in [4.69, 9.17) is 9.05 Å². The number of hydrogen-bond donors (Lipinski definition) is 2. The highest BCUT2D eigenvalue weighted by atomic mass is 31.2. The number of nitrogens with zero attached hydrogens (tertiary/aromatic N) is 1. The number of allylic oxidation sites excluding steroid dienone is 7. The van der Waals surface area contributed by atoms with Crippen LogP contribution in [0.3, 0.4) is 0 Å². The second-order valence-corrected chi connectivity index (χ2v) is 19.2. The number of carbonyl (C=O) groups is 1. The van der Waals surface area contributed by atoms with Gasteiger partial charge in [-0.15, -0.1) is 0 Å². The van der Waals surface area contributed by atoms with Crippen LogP contribution in [0.5, 0.6) is 0 Å². The van der Waals surface area contributed by atoms with Gasteiger partial charge in [0.1, 0.15) is 13.2 Å². The molecule has 3 atom stereocenters. The molecule has 0 fully saturated rings. The minimum atomic E-state index is -4.60. The minimum Gasteiger partial charge on any atom is -0.756 e. The summed E-state index contributed by atoms with van der Waals surface area (Å²) in [6.07, 6.45) is 53.1. The smallest absolute Gasteiger partial charge is 0.268 e. The van der Waals surface area contributed by atoms with Gasteiger partial charge in [0.15, 0.2) is 0 Å². The number of hydrogen-bond acceptors (Lipinski definition) is 6. The highest BCUT2D eigenvalue weighted by Crippen LogP contribution is 2.38. The topological polar surface area (TPSA) is 108 Å². The average molecular weight is 851 g/mol. The van der Waals surface area contributed by atoms with Crippen molar-refractivity contribution in [2.75, 3.05) is 40.9 Å². The summed E-state index contributed by atoms with van der Waals surface area (Å²) < 4.78 is 23.2. The third-order valence-corrected chi connectivity index (χ3v) is 11.7. The number of carbonyl (C=O) groups excluding carboxylic acids is 1. The fourth-order valence-corrected chi connectivity index (χ4v) is 7.57. The van der Waals surface area contributed by atoms with Crippen LogP contribution in [0.1, 0.15) is 213 Å². The van der Waals surface area contributed by atoms with Crippen LogP contribution in [0.15, 0.2) is 48.6 Å². The van der Waals surface area contributed by atoms with Gasteiger partial charge in [0.25, 0.3) is 7.82 Å². The van der Waals surface area contributed by atoms with E-state index >= 15 is 0 Å². The molecule has 0 aromatic carbocycles. The van der Waals surface area contributed by atoms with Crippen LogP contribution in [0, 0.1) is 0 Å². The molecule has 3 unspecified atom stereocenters. The van der Waals surface area contributed by atoms with Crippen molar-refractivity contribution in [1.29, 1.82) is 0 Å². The maximum Gasteiger partial charge on any atom is 0.268 e. The lowest BCUT2D eigenvalue weighted by molar-refractivity contribution is -0.870. The molecule has 0 aromatic heterocycles. The average Bonchev–Trinajstić information content (AvgIpc) is 3.19. The van der Waals surface area contributed by atoms with Crippen molar-refractivity contribution in [3.63, 3.8) is 0 Å². The largest absolute Gasteiger partial charge is 0.756 e. The quantitative estimate of drug-likeness (QED) is 0.0274.